The first-order valence-electron chi connectivity index (χ1n) is 6.56. The summed E-state index contributed by atoms with van der Waals surface area (Å²) >= 11 is 0. The minimum Gasteiger partial charge on any atom is -0.349 e. The smallest absolute Gasteiger partial charge is 0.263 e. The molecule has 0 amide bonds. The van der Waals surface area contributed by atoms with E-state index in [0.29, 0.717) is 17.8 Å². The number of nitrogens with one attached hydrogen (secondary N) is 1. The van der Waals surface area contributed by atoms with Gasteiger partial charge in [-0.05, 0) is 31.5 Å². The van der Waals surface area contributed by atoms with Crippen molar-refractivity contribution in [2.75, 3.05) is 4.72 Å². The van der Waals surface area contributed by atoms with Crippen LogP contribution in [0.3, 0.4) is 0 Å². The molecule has 0 saturated heterocycles. The zero-order chi connectivity index (χ0) is 15.6. The second-order valence-corrected chi connectivity index (χ2v) is 6.38. The van der Waals surface area contributed by atoms with Crippen LogP contribution in [0.25, 0.3) is 0 Å². The minimum atomic E-state index is -3.85. The fourth-order valence-electron chi connectivity index (χ4n) is 2.09. The molecule has 7 heteroatoms. The molecule has 1 aromatic carbocycles. The fourth-order valence-corrected chi connectivity index (χ4v) is 3.30. The molecule has 0 atom stereocenters. The molecule has 5 nitrogen and oxygen atoms in total. The molecule has 0 fully saturated rings. The van der Waals surface area contributed by atoms with Gasteiger partial charge in [0, 0.05) is 25.0 Å². The molecule has 2 rings (SSSR count). The summed E-state index contributed by atoms with van der Waals surface area (Å²) in [5.74, 6) is -0.604. The van der Waals surface area contributed by atoms with Crippen LogP contribution in [-0.2, 0) is 23.1 Å². The zero-order valence-corrected chi connectivity index (χ0v) is 12.7. The van der Waals surface area contributed by atoms with Crippen LogP contribution in [0, 0.1) is 12.7 Å². The van der Waals surface area contributed by atoms with E-state index in [1.807, 2.05) is 6.92 Å². The number of nitrogens with zero attached hydrogens (tertiary/aromatic N) is 1. The first-order valence-corrected chi connectivity index (χ1v) is 8.04. The molecular formula is C14H18FN3O2S. The monoisotopic (exact) mass is 311 g/mol. The van der Waals surface area contributed by atoms with Crippen molar-refractivity contribution in [3.63, 3.8) is 0 Å². The maximum Gasteiger partial charge on any atom is 0.263 e. The third-order valence-corrected chi connectivity index (χ3v) is 4.60. The van der Waals surface area contributed by atoms with Gasteiger partial charge in [0.25, 0.3) is 10.0 Å². The SMILES string of the molecule is CCn1cc(S(=O)(=O)Nc2c(C)cccc2F)cc1CN. The molecule has 1 heterocycles. The Morgan fingerprint density at radius 2 is 2.10 bits per heavy atom. The highest BCUT2D eigenvalue weighted by molar-refractivity contribution is 7.92. The second kappa shape index (κ2) is 5.87. The van der Waals surface area contributed by atoms with Crippen molar-refractivity contribution < 1.29 is 12.8 Å². The van der Waals surface area contributed by atoms with Gasteiger partial charge in [0.1, 0.15) is 10.7 Å². The molecule has 0 saturated carbocycles. The van der Waals surface area contributed by atoms with E-state index in [1.54, 1.807) is 17.6 Å². The summed E-state index contributed by atoms with van der Waals surface area (Å²) in [6, 6.07) is 5.89. The summed E-state index contributed by atoms with van der Waals surface area (Å²) in [6.45, 7) is 4.39. The third kappa shape index (κ3) is 3.08. The number of halogens is 1. The average Bonchev–Trinajstić information content (AvgIpc) is 2.87. The lowest BCUT2D eigenvalue weighted by atomic mass is 10.2. The van der Waals surface area contributed by atoms with Gasteiger partial charge in [-0.15, -0.1) is 0 Å². The molecule has 0 spiro atoms. The first kappa shape index (κ1) is 15.5. The largest absolute Gasteiger partial charge is 0.349 e. The number of hydrogen-bond donors (Lipinski definition) is 2. The quantitative estimate of drug-likeness (QED) is 0.889. The highest BCUT2D eigenvalue weighted by atomic mass is 32.2. The minimum absolute atomic E-state index is 0.0314. The number of benzene rings is 1. The third-order valence-electron chi connectivity index (χ3n) is 3.28. The van der Waals surface area contributed by atoms with Gasteiger partial charge in [-0.3, -0.25) is 4.72 Å². The van der Waals surface area contributed by atoms with Crippen molar-refractivity contribution in [1.82, 2.24) is 4.57 Å². The molecule has 0 radical (unpaired) electrons. The number of para-hydroxylation sites is 1. The summed E-state index contributed by atoms with van der Waals surface area (Å²) in [5, 5.41) is 0. The molecule has 114 valence electrons. The van der Waals surface area contributed by atoms with Crippen molar-refractivity contribution >= 4 is 15.7 Å². The molecule has 0 aliphatic carbocycles. The van der Waals surface area contributed by atoms with Crippen LogP contribution in [0.5, 0.6) is 0 Å². The molecule has 0 aliphatic heterocycles. The zero-order valence-electron chi connectivity index (χ0n) is 11.9. The maximum atomic E-state index is 13.8. The lowest BCUT2D eigenvalue weighted by Crippen LogP contribution is -2.14. The summed E-state index contributed by atoms with van der Waals surface area (Å²) in [5.41, 5.74) is 6.79. The van der Waals surface area contributed by atoms with Crippen molar-refractivity contribution in [3.05, 3.63) is 47.5 Å². The van der Waals surface area contributed by atoms with E-state index in [0.717, 1.165) is 0 Å². The summed E-state index contributed by atoms with van der Waals surface area (Å²) < 4.78 is 42.6. The van der Waals surface area contributed by atoms with Crippen LogP contribution < -0.4 is 10.5 Å². The Balaban J connectivity index is 2.41. The number of nitrogens with two attached hydrogens (primary N) is 1. The molecule has 3 N–H and O–H groups in total. The van der Waals surface area contributed by atoms with Crippen LogP contribution in [0.2, 0.25) is 0 Å². The van der Waals surface area contributed by atoms with Gasteiger partial charge in [-0.1, -0.05) is 12.1 Å². The van der Waals surface area contributed by atoms with Gasteiger partial charge >= 0.3 is 0 Å². The van der Waals surface area contributed by atoms with E-state index in [9.17, 15) is 12.8 Å². The van der Waals surface area contributed by atoms with E-state index in [1.165, 1.54) is 24.4 Å². The van der Waals surface area contributed by atoms with Crippen LogP contribution in [0.15, 0.2) is 35.4 Å². The highest BCUT2D eigenvalue weighted by Crippen LogP contribution is 2.23. The maximum absolute atomic E-state index is 13.8. The van der Waals surface area contributed by atoms with Gasteiger partial charge in [-0.25, -0.2) is 12.8 Å². The predicted octanol–water partition coefficient (Wildman–Crippen LogP) is 2.22. The topological polar surface area (TPSA) is 77.1 Å². The standard InChI is InChI=1S/C14H18FN3O2S/c1-3-18-9-12(7-11(18)8-16)21(19,20)17-14-10(2)5-4-6-13(14)15/h4-7,9,17H,3,8,16H2,1-2H3. The van der Waals surface area contributed by atoms with E-state index in [4.69, 9.17) is 5.73 Å². The van der Waals surface area contributed by atoms with E-state index >= 15 is 0 Å². The van der Waals surface area contributed by atoms with Crippen molar-refractivity contribution in [3.8, 4) is 0 Å². The molecule has 2 aromatic rings. The number of aromatic nitrogens is 1. The summed E-state index contributed by atoms with van der Waals surface area (Å²) in [4.78, 5) is 0.0763. The number of anilines is 1. The molecule has 0 unspecified atom stereocenters. The van der Waals surface area contributed by atoms with Crippen LogP contribution in [-0.4, -0.2) is 13.0 Å². The fraction of sp³-hybridized carbons (Fsp3) is 0.286. The lowest BCUT2D eigenvalue weighted by Gasteiger charge is -2.10. The Morgan fingerprint density at radius 3 is 2.62 bits per heavy atom. The van der Waals surface area contributed by atoms with Gasteiger partial charge in [0.2, 0.25) is 0 Å². The summed E-state index contributed by atoms with van der Waals surface area (Å²) in [6.07, 6.45) is 1.50. The van der Waals surface area contributed by atoms with Crippen molar-refractivity contribution in [2.45, 2.75) is 31.8 Å². The molecule has 21 heavy (non-hydrogen) atoms. The summed E-state index contributed by atoms with van der Waals surface area (Å²) in [7, 11) is -3.85. The lowest BCUT2D eigenvalue weighted by molar-refractivity contribution is 0.598. The first-order chi connectivity index (χ1) is 9.89. The molecule has 1 aromatic heterocycles. The Bertz CT molecular complexity index is 712. The molecule has 0 bridgehead atoms. The Hall–Kier alpha value is -1.86. The van der Waals surface area contributed by atoms with Crippen molar-refractivity contribution in [2.24, 2.45) is 5.73 Å². The van der Waals surface area contributed by atoms with E-state index in [-0.39, 0.29) is 17.1 Å². The van der Waals surface area contributed by atoms with Gasteiger partial charge < -0.3 is 10.3 Å². The van der Waals surface area contributed by atoms with Gasteiger partial charge in [0.05, 0.1) is 5.69 Å². The number of sulfonamides is 1. The average molecular weight is 311 g/mol. The number of hydrogen-bond acceptors (Lipinski definition) is 3. The number of rotatable bonds is 5. The van der Waals surface area contributed by atoms with E-state index < -0.39 is 15.8 Å². The van der Waals surface area contributed by atoms with Gasteiger partial charge in [0.15, 0.2) is 0 Å². The normalized spacial score (nSPS) is 11.6. The Morgan fingerprint density at radius 1 is 1.38 bits per heavy atom. The van der Waals surface area contributed by atoms with Gasteiger partial charge in [-0.2, -0.15) is 0 Å². The Kier molecular flexibility index (Phi) is 4.34. The van der Waals surface area contributed by atoms with Crippen LogP contribution in [0.4, 0.5) is 10.1 Å². The van der Waals surface area contributed by atoms with Crippen molar-refractivity contribution in [1.29, 1.82) is 0 Å². The van der Waals surface area contributed by atoms with Crippen LogP contribution >= 0.6 is 0 Å². The molecule has 0 aliphatic rings. The predicted molar refractivity (Wildman–Crippen MR) is 79.9 cm³/mol. The number of aryl methyl sites for hydroxylation is 2. The molecular weight excluding hydrogens is 293 g/mol. The van der Waals surface area contributed by atoms with Crippen LogP contribution in [0.1, 0.15) is 18.2 Å². The van der Waals surface area contributed by atoms with E-state index in [2.05, 4.69) is 4.72 Å². The Labute approximate surface area is 123 Å². The highest BCUT2D eigenvalue weighted by Gasteiger charge is 2.20. The second-order valence-electron chi connectivity index (χ2n) is 4.69.